The number of morpholine rings is 1. The Morgan fingerprint density at radius 3 is 2.52 bits per heavy atom. The van der Waals surface area contributed by atoms with E-state index < -0.39 is 0 Å². The van der Waals surface area contributed by atoms with E-state index in [-0.39, 0.29) is 5.91 Å². The monoisotopic (exact) mass is 289 g/mol. The van der Waals surface area contributed by atoms with Crippen LogP contribution in [0.15, 0.2) is 18.3 Å². The number of nitrogens with zero attached hydrogens (tertiary/aromatic N) is 3. The number of aromatic nitrogens is 1. The molecule has 0 N–H and O–H groups in total. The summed E-state index contributed by atoms with van der Waals surface area (Å²) in [5.41, 5.74) is 1.66. The molecular weight excluding hydrogens is 266 g/mol. The van der Waals surface area contributed by atoms with Crippen molar-refractivity contribution in [1.29, 1.82) is 0 Å². The molecule has 114 valence electrons. The minimum atomic E-state index is 0.0112. The zero-order chi connectivity index (χ0) is 14.7. The van der Waals surface area contributed by atoms with Gasteiger partial charge in [-0.15, -0.1) is 0 Å². The van der Waals surface area contributed by atoms with Gasteiger partial charge in [0.2, 0.25) is 0 Å². The Labute approximate surface area is 125 Å². The average molecular weight is 289 g/mol. The summed E-state index contributed by atoms with van der Waals surface area (Å²) in [4.78, 5) is 20.9. The van der Waals surface area contributed by atoms with Crippen LogP contribution in [0.4, 0.5) is 5.69 Å². The second kappa shape index (κ2) is 6.43. The lowest BCUT2D eigenvalue weighted by Crippen LogP contribution is -2.41. The van der Waals surface area contributed by atoms with Gasteiger partial charge in [-0.25, -0.2) is 4.98 Å². The van der Waals surface area contributed by atoms with Crippen molar-refractivity contribution < 1.29 is 9.53 Å². The quantitative estimate of drug-likeness (QED) is 0.833. The van der Waals surface area contributed by atoms with Crippen LogP contribution in [0.5, 0.6) is 0 Å². The maximum Gasteiger partial charge on any atom is 0.272 e. The third-order valence-electron chi connectivity index (χ3n) is 4.41. The van der Waals surface area contributed by atoms with Gasteiger partial charge in [-0.2, -0.15) is 0 Å². The van der Waals surface area contributed by atoms with Crippen molar-refractivity contribution in [1.82, 2.24) is 9.88 Å². The number of rotatable bonds is 2. The first-order chi connectivity index (χ1) is 10.2. The van der Waals surface area contributed by atoms with E-state index in [1.165, 1.54) is 12.8 Å². The van der Waals surface area contributed by atoms with Crippen molar-refractivity contribution in [3.8, 4) is 0 Å². The number of pyridine rings is 1. The summed E-state index contributed by atoms with van der Waals surface area (Å²) in [6.07, 6.45) is 4.30. The molecule has 0 saturated carbocycles. The lowest BCUT2D eigenvalue weighted by molar-refractivity contribution is 0.0299. The van der Waals surface area contributed by atoms with Gasteiger partial charge in [-0.3, -0.25) is 4.79 Å². The molecule has 1 aromatic heterocycles. The number of carbonyl (C=O) groups is 1. The van der Waals surface area contributed by atoms with Crippen LogP contribution in [-0.4, -0.2) is 55.2 Å². The number of amides is 1. The SMILES string of the molecule is CC1CCN(c2ccc(C(=O)N3CCOCC3)nc2)CC1. The van der Waals surface area contributed by atoms with Crippen LogP contribution in [0.1, 0.15) is 30.3 Å². The Bertz CT molecular complexity index is 475. The first-order valence-electron chi connectivity index (χ1n) is 7.82. The summed E-state index contributed by atoms with van der Waals surface area (Å²) in [6.45, 7) is 7.03. The Hall–Kier alpha value is -1.62. The molecule has 2 saturated heterocycles. The minimum absolute atomic E-state index is 0.0112. The number of anilines is 1. The van der Waals surface area contributed by atoms with Gasteiger partial charge < -0.3 is 14.5 Å². The summed E-state index contributed by atoms with van der Waals surface area (Å²) >= 11 is 0. The highest BCUT2D eigenvalue weighted by Crippen LogP contribution is 2.22. The van der Waals surface area contributed by atoms with Gasteiger partial charge in [0.25, 0.3) is 5.91 Å². The minimum Gasteiger partial charge on any atom is -0.378 e. The van der Waals surface area contributed by atoms with E-state index in [2.05, 4.69) is 16.8 Å². The van der Waals surface area contributed by atoms with Gasteiger partial charge in [-0.05, 0) is 30.9 Å². The molecule has 3 heterocycles. The van der Waals surface area contributed by atoms with Crippen LogP contribution in [0.3, 0.4) is 0 Å². The largest absolute Gasteiger partial charge is 0.378 e. The van der Waals surface area contributed by atoms with Gasteiger partial charge in [0.1, 0.15) is 5.69 Å². The van der Waals surface area contributed by atoms with Gasteiger partial charge in [0.05, 0.1) is 25.1 Å². The Balaban J connectivity index is 1.64. The fourth-order valence-electron chi connectivity index (χ4n) is 2.89. The molecule has 5 heteroatoms. The molecule has 0 unspecified atom stereocenters. The fraction of sp³-hybridized carbons (Fsp3) is 0.625. The Kier molecular flexibility index (Phi) is 4.39. The van der Waals surface area contributed by atoms with Crippen LogP contribution in [0, 0.1) is 5.92 Å². The summed E-state index contributed by atoms with van der Waals surface area (Å²) in [7, 11) is 0. The maximum atomic E-state index is 12.3. The normalized spacial score (nSPS) is 20.6. The summed E-state index contributed by atoms with van der Waals surface area (Å²) in [5.74, 6) is 0.827. The first-order valence-corrected chi connectivity index (χ1v) is 7.82. The van der Waals surface area contributed by atoms with Crippen molar-refractivity contribution in [3.05, 3.63) is 24.0 Å². The topological polar surface area (TPSA) is 45.7 Å². The lowest BCUT2D eigenvalue weighted by atomic mass is 9.99. The molecule has 0 radical (unpaired) electrons. The van der Waals surface area contributed by atoms with Crippen LogP contribution >= 0.6 is 0 Å². The van der Waals surface area contributed by atoms with Crippen molar-refractivity contribution in [3.63, 3.8) is 0 Å². The summed E-state index contributed by atoms with van der Waals surface area (Å²) in [5, 5.41) is 0. The zero-order valence-electron chi connectivity index (χ0n) is 12.6. The van der Waals surface area contributed by atoms with Gasteiger partial charge in [0, 0.05) is 26.2 Å². The predicted molar refractivity (Wildman–Crippen MR) is 81.6 cm³/mol. The molecule has 2 aliphatic heterocycles. The highest BCUT2D eigenvalue weighted by molar-refractivity contribution is 5.92. The molecule has 0 bridgehead atoms. The van der Waals surface area contributed by atoms with E-state index in [0.29, 0.717) is 32.0 Å². The van der Waals surface area contributed by atoms with Crippen LogP contribution in [-0.2, 0) is 4.74 Å². The lowest BCUT2D eigenvalue weighted by Gasteiger charge is -2.32. The number of carbonyl (C=O) groups excluding carboxylic acids is 1. The van der Waals surface area contributed by atoms with Gasteiger partial charge in [-0.1, -0.05) is 6.92 Å². The van der Waals surface area contributed by atoms with E-state index in [0.717, 1.165) is 24.7 Å². The van der Waals surface area contributed by atoms with Crippen molar-refractivity contribution in [2.45, 2.75) is 19.8 Å². The fourth-order valence-corrected chi connectivity index (χ4v) is 2.89. The first kappa shape index (κ1) is 14.3. The second-order valence-corrected chi connectivity index (χ2v) is 5.98. The standard InChI is InChI=1S/C16H23N3O2/c1-13-4-6-18(7-5-13)14-2-3-15(17-12-14)16(20)19-8-10-21-11-9-19/h2-3,12-13H,4-11H2,1H3. The molecule has 5 nitrogen and oxygen atoms in total. The number of ether oxygens (including phenoxy) is 1. The smallest absolute Gasteiger partial charge is 0.272 e. The molecule has 1 amide bonds. The molecule has 0 atom stereocenters. The van der Waals surface area contributed by atoms with E-state index >= 15 is 0 Å². The highest BCUT2D eigenvalue weighted by atomic mass is 16.5. The molecular formula is C16H23N3O2. The second-order valence-electron chi connectivity index (χ2n) is 5.98. The Morgan fingerprint density at radius 1 is 1.19 bits per heavy atom. The third-order valence-corrected chi connectivity index (χ3v) is 4.41. The number of piperidine rings is 1. The zero-order valence-corrected chi connectivity index (χ0v) is 12.6. The van der Waals surface area contributed by atoms with Crippen molar-refractivity contribution in [2.24, 2.45) is 5.92 Å². The molecule has 21 heavy (non-hydrogen) atoms. The molecule has 0 spiro atoms. The molecule has 0 aliphatic carbocycles. The molecule has 1 aromatic rings. The van der Waals surface area contributed by atoms with Crippen molar-refractivity contribution >= 4 is 11.6 Å². The third kappa shape index (κ3) is 3.35. The van der Waals surface area contributed by atoms with Crippen LogP contribution < -0.4 is 4.90 Å². The van der Waals surface area contributed by atoms with E-state index in [9.17, 15) is 4.79 Å². The summed E-state index contributed by atoms with van der Waals surface area (Å²) in [6, 6.07) is 3.88. The molecule has 3 rings (SSSR count). The predicted octanol–water partition coefficient (Wildman–Crippen LogP) is 1.79. The highest BCUT2D eigenvalue weighted by Gasteiger charge is 2.20. The van der Waals surface area contributed by atoms with Crippen molar-refractivity contribution in [2.75, 3.05) is 44.3 Å². The van der Waals surface area contributed by atoms with E-state index in [1.54, 1.807) is 0 Å². The Morgan fingerprint density at radius 2 is 1.90 bits per heavy atom. The number of hydrogen-bond donors (Lipinski definition) is 0. The van der Waals surface area contributed by atoms with Crippen LogP contribution in [0.25, 0.3) is 0 Å². The molecule has 2 fully saturated rings. The molecule has 0 aromatic carbocycles. The molecule has 2 aliphatic rings. The summed E-state index contributed by atoms with van der Waals surface area (Å²) < 4.78 is 5.27. The van der Waals surface area contributed by atoms with Gasteiger partial charge in [0.15, 0.2) is 0 Å². The maximum absolute atomic E-state index is 12.3. The van der Waals surface area contributed by atoms with E-state index in [4.69, 9.17) is 4.74 Å². The number of hydrogen-bond acceptors (Lipinski definition) is 4. The van der Waals surface area contributed by atoms with E-state index in [1.807, 2.05) is 23.2 Å². The van der Waals surface area contributed by atoms with Gasteiger partial charge >= 0.3 is 0 Å². The average Bonchev–Trinajstić information content (AvgIpc) is 2.56. The van der Waals surface area contributed by atoms with Crippen LogP contribution in [0.2, 0.25) is 0 Å².